The zero-order valence-electron chi connectivity index (χ0n) is 18.8. The largest absolute Gasteiger partial charge is 0.355 e. The van der Waals surface area contributed by atoms with Crippen LogP contribution in [0.25, 0.3) is 16.8 Å². The summed E-state index contributed by atoms with van der Waals surface area (Å²) in [7, 11) is 0. The zero-order valence-corrected chi connectivity index (χ0v) is 19.5. The van der Waals surface area contributed by atoms with Crippen LogP contribution in [0.15, 0.2) is 42.9 Å². The minimum absolute atomic E-state index is 0.0486. The molecule has 7 nitrogen and oxygen atoms in total. The smallest absolute Gasteiger partial charge is 0.155 e. The molecule has 2 N–H and O–H groups in total. The van der Waals surface area contributed by atoms with Gasteiger partial charge in [-0.15, -0.1) is 0 Å². The van der Waals surface area contributed by atoms with Crippen LogP contribution in [-0.2, 0) is 6.42 Å². The normalized spacial score (nSPS) is 19.4. The summed E-state index contributed by atoms with van der Waals surface area (Å²) >= 11 is 6.62. The van der Waals surface area contributed by atoms with E-state index in [0.29, 0.717) is 5.02 Å². The Morgan fingerprint density at radius 3 is 2.64 bits per heavy atom. The van der Waals surface area contributed by atoms with Gasteiger partial charge in [0.25, 0.3) is 0 Å². The number of rotatable bonds is 2. The Bertz CT molecular complexity index is 1370. The van der Waals surface area contributed by atoms with Crippen LogP contribution in [0, 0.1) is 19.3 Å². The number of fused-ring (bicyclic) bond motifs is 2. The van der Waals surface area contributed by atoms with Gasteiger partial charge in [-0.3, -0.25) is 9.97 Å². The Labute approximate surface area is 197 Å². The molecule has 0 saturated carbocycles. The standard InChI is InChI=1S/C25H26ClN7/c1-15-21(26)18(5-10-28-15)22-16(2)31-24(20-6-11-30-33(20)22)32-12-7-25(8-13-32)14-19-17(23(25)27)4-3-9-29-19/h3-6,9-11,23H,7-8,12-14,27H2,1-2H3/t23-/m1/s1. The number of nitrogens with zero attached hydrogens (tertiary/aromatic N) is 6. The Morgan fingerprint density at radius 2 is 1.85 bits per heavy atom. The molecule has 0 unspecified atom stereocenters. The fourth-order valence-electron chi connectivity index (χ4n) is 5.65. The molecule has 168 valence electrons. The molecule has 1 saturated heterocycles. The van der Waals surface area contributed by atoms with Crippen molar-refractivity contribution < 1.29 is 0 Å². The van der Waals surface area contributed by atoms with Crippen LogP contribution in [0.3, 0.4) is 0 Å². The highest BCUT2D eigenvalue weighted by molar-refractivity contribution is 6.33. The van der Waals surface area contributed by atoms with Gasteiger partial charge in [0.15, 0.2) is 5.82 Å². The molecule has 1 atom stereocenters. The quantitative estimate of drug-likeness (QED) is 0.481. The lowest BCUT2D eigenvalue weighted by atomic mass is 9.73. The first kappa shape index (κ1) is 20.6. The van der Waals surface area contributed by atoms with Gasteiger partial charge in [0, 0.05) is 42.8 Å². The highest BCUT2D eigenvalue weighted by Crippen LogP contribution is 2.50. The van der Waals surface area contributed by atoms with E-state index in [0.717, 1.165) is 66.3 Å². The molecule has 1 spiro atoms. The zero-order chi connectivity index (χ0) is 22.7. The van der Waals surface area contributed by atoms with Gasteiger partial charge in [0.05, 0.1) is 28.3 Å². The van der Waals surface area contributed by atoms with Crippen LogP contribution in [0.2, 0.25) is 5.02 Å². The maximum Gasteiger partial charge on any atom is 0.155 e. The van der Waals surface area contributed by atoms with E-state index in [4.69, 9.17) is 22.3 Å². The number of aryl methyl sites for hydroxylation is 2. The van der Waals surface area contributed by atoms with Crippen molar-refractivity contribution in [3.63, 3.8) is 0 Å². The fourth-order valence-corrected chi connectivity index (χ4v) is 5.85. The lowest BCUT2D eigenvalue weighted by Gasteiger charge is -2.42. The Morgan fingerprint density at radius 1 is 1.03 bits per heavy atom. The number of hydrogen-bond donors (Lipinski definition) is 1. The highest BCUT2D eigenvalue weighted by atomic mass is 35.5. The van der Waals surface area contributed by atoms with E-state index >= 15 is 0 Å². The Kier molecular flexibility index (Phi) is 4.67. The Balaban J connectivity index is 1.34. The maximum atomic E-state index is 6.74. The summed E-state index contributed by atoms with van der Waals surface area (Å²) in [6.45, 7) is 5.74. The fraction of sp³-hybridized carbons (Fsp3) is 0.360. The average molecular weight is 460 g/mol. The van der Waals surface area contributed by atoms with E-state index in [-0.39, 0.29) is 11.5 Å². The van der Waals surface area contributed by atoms with Gasteiger partial charge in [0.1, 0.15) is 5.52 Å². The molecule has 1 aliphatic heterocycles. The molecule has 4 aromatic rings. The van der Waals surface area contributed by atoms with Crippen LogP contribution >= 0.6 is 11.6 Å². The minimum Gasteiger partial charge on any atom is -0.355 e. The van der Waals surface area contributed by atoms with Crippen molar-refractivity contribution in [2.24, 2.45) is 11.1 Å². The van der Waals surface area contributed by atoms with Gasteiger partial charge in [0.2, 0.25) is 0 Å². The van der Waals surface area contributed by atoms with Crippen molar-refractivity contribution in [1.29, 1.82) is 0 Å². The molecular formula is C25H26ClN7. The number of aromatic nitrogens is 5. The van der Waals surface area contributed by atoms with Gasteiger partial charge in [-0.1, -0.05) is 17.7 Å². The third-order valence-corrected chi connectivity index (χ3v) is 7.99. The third kappa shape index (κ3) is 3.06. The van der Waals surface area contributed by atoms with Crippen LogP contribution in [0.1, 0.15) is 41.5 Å². The molecule has 0 bridgehead atoms. The second kappa shape index (κ2) is 7.50. The molecule has 33 heavy (non-hydrogen) atoms. The number of hydrogen-bond acceptors (Lipinski definition) is 6. The Hall–Kier alpha value is -3.03. The van der Waals surface area contributed by atoms with Crippen LogP contribution in [-0.4, -0.2) is 37.7 Å². The van der Waals surface area contributed by atoms with Crippen LogP contribution in [0.4, 0.5) is 5.82 Å². The summed E-state index contributed by atoms with van der Waals surface area (Å²) in [6.07, 6.45) is 8.48. The highest BCUT2D eigenvalue weighted by Gasteiger charge is 2.46. The maximum absolute atomic E-state index is 6.74. The molecule has 2 aliphatic rings. The lowest BCUT2D eigenvalue weighted by molar-refractivity contribution is 0.187. The summed E-state index contributed by atoms with van der Waals surface area (Å²) in [5, 5.41) is 5.27. The van der Waals surface area contributed by atoms with Gasteiger partial charge < -0.3 is 10.6 Å². The molecule has 1 aliphatic carbocycles. The second-order valence-corrected chi connectivity index (χ2v) is 9.68. The van der Waals surface area contributed by atoms with Crippen molar-refractivity contribution in [2.45, 2.75) is 39.2 Å². The van der Waals surface area contributed by atoms with Crippen molar-refractivity contribution in [3.8, 4) is 11.3 Å². The van der Waals surface area contributed by atoms with Gasteiger partial charge in [-0.25, -0.2) is 9.50 Å². The summed E-state index contributed by atoms with van der Waals surface area (Å²) in [4.78, 5) is 16.3. The first-order chi connectivity index (χ1) is 16.0. The van der Waals surface area contributed by atoms with E-state index in [2.05, 4.69) is 26.0 Å². The van der Waals surface area contributed by atoms with E-state index in [1.807, 2.05) is 49.0 Å². The van der Waals surface area contributed by atoms with Crippen molar-refractivity contribution in [1.82, 2.24) is 24.6 Å². The number of nitrogens with two attached hydrogens (primary N) is 1. The van der Waals surface area contributed by atoms with Gasteiger partial charge in [-0.2, -0.15) is 5.10 Å². The lowest BCUT2D eigenvalue weighted by Crippen LogP contribution is -2.44. The topological polar surface area (TPSA) is 85.2 Å². The summed E-state index contributed by atoms with van der Waals surface area (Å²) in [5.74, 6) is 0.965. The third-order valence-electron chi connectivity index (χ3n) is 7.52. The monoisotopic (exact) mass is 459 g/mol. The molecule has 6 rings (SSSR count). The average Bonchev–Trinajstić information content (AvgIpc) is 3.40. The minimum atomic E-state index is 0.0486. The van der Waals surface area contributed by atoms with Crippen molar-refractivity contribution in [3.05, 3.63) is 70.5 Å². The summed E-state index contributed by atoms with van der Waals surface area (Å²) < 4.78 is 1.96. The van der Waals surface area contributed by atoms with Gasteiger partial charge in [-0.05, 0) is 62.3 Å². The van der Waals surface area contributed by atoms with E-state index in [1.54, 1.807) is 6.20 Å². The molecule has 8 heteroatoms. The number of halogens is 1. The number of anilines is 1. The predicted octanol–water partition coefficient (Wildman–Crippen LogP) is 4.30. The predicted molar refractivity (Wildman–Crippen MR) is 129 cm³/mol. The van der Waals surface area contributed by atoms with Crippen LogP contribution < -0.4 is 10.6 Å². The molecule has 1 fully saturated rings. The summed E-state index contributed by atoms with van der Waals surface area (Å²) in [6, 6.07) is 8.14. The number of pyridine rings is 2. The molecule has 0 radical (unpaired) electrons. The van der Waals surface area contributed by atoms with Crippen LogP contribution in [0.5, 0.6) is 0 Å². The van der Waals surface area contributed by atoms with Crippen molar-refractivity contribution in [2.75, 3.05) is 18.0 Å². The summed E-state index contributed by atoms with van der Waals surface area (Å²) in [5.41, 5.74) is 13.7. The molecular weight excluding hydrogens is 434 g/mol. The molecule has 4 aromatic heterocycles. The first-order valence-electron chi connectivity index (χ1n) is 11.4. The van der Waals surface area contributed by atoms with Crippen molar-refractivity contribution >= 4 is 22.9 Å². The van der Waals surface area contributed by atoms with E-state index in [9.17, 15) is 0 Å². The second-order valence-electron chi connectivity index (χ2n) is 9.30. The van der Waals surface area contributed by atoms with E-state index < -0.39 is 0 Å². The van der Waals surface area contributed by atoms with Gasteiger partial charge >= 0.3 is 0 Å². The van der Waals surface area contributed by atoms with E-state index in [1.165, 1.54) is 11.3 Å². The SMILES string of the molecule is Cc1nccc(-c2c(C)nc(N3CCC4(CC3)Cc3ncccc3[C@H]4N)c3ccnn23)c1Cl. The molecule has 0 aromatic carbocycles. The number of piperidine rings is 1. The first-order valence-corrected chi connectivity index (χ1v) is 11.8. The molecule has 0 amide bonds. The molecule has 5 heterocycles.